The van der Waals surface area contributed by atoms with E-state index >= 15 is 0 Å². The molecule has 2 aliphatic rings. The number of amides is 1. The summed E-state index contributed by atoms with van der Waals surface area (Å²) >= 11 is 0. The fourth-order valence-corrected chi connectivity index (χ4v) is 5.02. The highest BCUT2D eigenvalue weighted by Gasteiger charge is 2.59. The lowest BCUT2D eigenvalue weighted by Gasteiger charge is -2.30. The molecule has 1 saturated carbocycles. The summed E-state index contributed by atoms with van der Waals surface area (Å²) in [4.78, 5) is 23.9. The summed E-state index contributed by atoms with van der Waals surface area (Å²) in [5, 5.41) is 7.10. The number of carbonyl (C=O) groups excluding carboxylic acids is 1. The number of nitrogens with two attached hydrogens (primary N) is 1. The van der Waals surface area contributed by atoms with Crippen LogP contribution in [0, 0.1) is 30.5 Å². The minimum absolute atomic E-state index is 0.00800. The number of aromatic nitrogens is 4. The number of nitrogens with zero attached hydrogens (tertiary/aromatic N) is 5. The molecule has 0 bridgehead atoms. The van der Waals surface area contributed by atoms with Gasteiger partial charge in [-0.1, -0.05) is 6.92 Å². The number of aryl methyl sites for hydroxylation is 1. The summed E-state index contributed by atoms with van der Waals surface area (Å²) in [6, 6.07) is 3.41. The van der Waals surface area contributed by atoms with E-state index in [1.54, 1.807) is 12.3 Å². The lowest BCUT2D eigenvalue weighted by atomic mass is 9.99. The Morgan fingerprint density at radius 2 is 2.16 bits per heavy atom. The van der Waals surface area contributed by atoms with Crippen LogP contribution in [0.3, 0.4) is 0 Å². The Morgan fingerprint density at radius 3 is 2.90 bits per heavy atom. The zero-order valence-electron chi connectivity index (χ0n) is 18.0. The van der Waals surface area contributed by atoms with E-state index in [-0.39, 0.29) is 35.2 Å². The second kappa shape index (κ2) is 6.90. The normalized spacial score (nSPS) is 24.6. The molecule has 5 rings (SSSR count). The molecule has 1 amide bonds. The van der Waals surface area contributed by atoms with E-state index in [2.05, 4.69) is 27.2 Å². The Balaban J connectivity index is 1.58. The molecule has 1 aliphatic heterocycles. The summed E-state index contributed by atoms with van der Waals surface area (Å²) < 4.78 is 15.6. The van der Waals surface area contributed by atoms with Crippen molar-refractivity contribution in [2.75, 3.05) is 17.2 Å². The summed E-state index contributed by atoms with van der Waals surface area (Å²) in [5.41, 5.74) is 8.44. The van der Waals surface area contributed by atoms with Gasteiger partial charge >= 0.3 is 0 Å². The van der Waals surface area contributed by atoms with Gasteiger partial charge in [0.15, 0.2) is 11.5 Å². The molecule has 0 radical (unpaired) electrons. The first kappa shape index (κ1) is 19.7. The van der Waals surface area contributed by atoms with Crippen molar-refractivity contribution in [3.63, 3.8) is 0 Å². The molecule has 162 valence electrons. The SMILES string of the molecule is Cc1ncc(F)cc1[C@H]1[C@@H]2[C@H](C)[C@@H]2CN1c1ccn2nc(N)c(C(=O)NC(C)C)c2n1. The van der Waals surface area contributed by atoms with Crippen LogP contribution < -0.4 is 16.0 Å². The third-order valence-electron chi connectivity index (χ3n) is 6.59. The van der Waals surface area contributed by atoms with Gasteiger partial charge in [-0.05, 0) is 56.2 Å². The fourth-order valence-electron chi connectivity index (χ4n) is 5.02. The van der Waals surface area contributed by atoms with Crippen LogP contribution in [-0.4, -0.2) is 38.1 Å². The molecule has 3 aromatic rings. The average molecular weight is 423 g/mol. The van der Waals surface area contributed by atoms with Gasteiger partial charge in [-0.15, -0.1) is 5.10 Å². The first-order valence-corrected chi connectivity index (χ1v) is 10.6. The molecule has 1 saturated heterocycles. The van der Waals surface area contributed by atoms with Crippen molar-refractivity contribution in [1.82, 2.24) is 24.9 Å². The summed E-state index contributed by atoms with van der Waals surface area (Å²) in [5.74, 6) is 1.76. The van der Waals surface area contributed by atoms with Crippen LogP contribution in [0.5, 0.6) is 0 Å². The van der Waals surface area contributed by atoms with Crippen LogP contribution in [0.4, 0.5) is 16.0 Å². The zero-order valence-corrected chi connectivity index (χ0v) is 18.0. The molecular formula is C22H26FN7O. The number of nitrogens with one attached hydrogen (secondary N) is 1. The Bertz CT molecular complexity index is 1190. The summed E-state index contributed by atoms with van der Waals surface area (Å²) in [6.45, 7) is 8.75. The lowest BCUT2D eigenvalue weighted by molar-refractivity contribution is 0.0945. The van der Waals surface area contributed by atoms with E-state index in [9.17, 15) is 9.18 Å². The number of anilines is 2. The predicted molar refractivity (Wildman–Crippen MR) is 115 cm³/mol. The largest absolute Gasteiger partial charge is 0.381 e. The Labute approximate surface area is 179 Å². The van der Waals surface area contributed by atoms with Crippen molar-refractivity contribution in [2.45, 2.75) is 39.8 Å². The Hall–Kier alpha value is -3.23. The molecule has 4 atom stereocenters. The van der Waals surface area contributed by atoms with Crippen molar-refractivity contribution in [1.29, 1.82) is 0 Å². The second-order valence-electron chi connectivity index (χ2n) is 8.97. The van der Waals surface area contributed by atoms with Crippen molar-refractivity contribution in [3.8, 4) is 0 Å². The number of rotatable bonds is 4. The number of fused-ring (bicyclic) bond motifs is 2. The zero-order chi connectivity index (χ0) is 22.0. The van der Waals surface area contributed by atoms with E-state index in [4.69, 9.17) is 10.7 Å². The molecule has 9 heteroatoms. The molecular weight excluding hydrogens is 397 g/mol. The highest BCUT2D eigenvalue weighted by atomic mass is 19.1. The van der Waals surface area contributed by atoms with Crippen molar-refractivity contribution >= 4 is 23.2 Å². The summed E-state index contributed by atoms with van der Waals surface area (Å²) in [7, 11) is 0. The molecule has 31 heavy (non-hydrogen) atoms. The number of piperidine rings is 1. The van der Waals surface area contributed by atoms with Gasteiger partial charge in [-0.3, -0.25) is 9.78 Å². The van der Waals surface area contributed by atoms with Gasteiger partial charge in [0.05, 0.1) is 12.2 Å². The van der Waals surface area contributed by atoms with E-state index in [1.165, 1.54) is 10.7 Å². The second-order valence-corrected chi connectivity index (χ2v) is 8.97. The van der Waals surface area contributed by atoms with Gasteiger partial charge in [-0.25, -0.2) is 13.9 Å². The number of hydrogen-bond donors (Lipinski definition) is 2. The standard InChI is InChI=1S/C22H26FN7O/c1-10(2)26-22(31)18-20(24)28-30-6-5-16(27-21(18)30)29-9-15-11(3)17(15)19(29)14-7-13(23)8-25-12(14)4/h5-8,10-11,15,17,19H,9H2,1-4H3,(H2,24,28)(H,26,31)/t11-,15+,17-,19+/m1/s1. The minimum Gasteiger partial charge on any atom is -0.381 e. The van der Waals surface area contributed by atoms with Crippen LogP contribution in [0.25, 0.3) is 5.65 Å². The number of halogens is 1. The fraction of sp³-hybridized carbons (Fsp3) is 0.455. The molecule has 0 aromatic carbocycles. The molecule has 0 unspecified atom stereocenters. The van der Waals surface area contributed by atoms with E-state index in [0.29, 0.717) is 23.4 Å². The molecule has 8 nitrogen and oxygen atoms in total. The minimum atomic E-state index is -0.336. The quantitative estimate of drug-likeness (QED) is 0.669. The van der Waals surface area contributed by atoms with Gasteiger partial charge in [0.2, 0.25) is 0 Å². The maximum atomic E-state index is 14.1. The highest BCUT2D eigenvalue weighted by Crippen LogP contribution is 2.61. The first-order valence-electron chi connectivity index (χ1n) is 10.6. The number of hydrogen-bond acceptors (Lipinski definition) is 6. The highest BCUT2D eigenvalue weighted by molar-refractivity contribution is 6.04. The van der Waals surface area contributed by atoms with Gasteiger partial charge in [-0.2, -0.15) is 0 Å². The third kappa shape index (κ3) is 3.10. The van der Waals surface area contributed by atoms with Crippen LogP contribution in [-0.2, 0) is 0 Å². The average Bonchev–Trinajstić information content (AvgIpc) is 3.04. The predicted octanol–water partition coefficient (Wildman–Crippen LogP) is 2.74. The Kier molecular flexibility index (Phi) is 4.39. The number of carbonyl (C=O) groups is 1. The maximum absolute atomic E-state index is 14.1. The van der Waals surface area contributed by atoms with Crippen LogP contribution >= 0.6 is 0 Å². The van der Waals surface area contributed by atoms with Crippen molar-refractivity contribution in [2.24, 2.45) is 17.8 Å². The number of nitrogen functional groups attached to an aromatic ring is 1. The van der Waals surface area contributed by atoms with Gasteiger partial charge < -0.3 is 16.0 Å². The van der Waals surface area contributed by atoms with E-state index < -0.39 is 0 Å². The molecule has 3 aromatic heterocycles. The summed E-state index contributed by atoms with van der Waals surface area (Å²) in [6.07, 6.45) is 3.02. The molecule has 3 N–H and O–H groups in total. The van der Waals surface area contributed by atoms with Crippen molar-refractivity contribution in [3.05, 3.63) is 47.2 Å². The lowest BCUT2D eigenvalue weighted by Crippen LogP contribution is -2.31. The van der Waals surface area contributed by atoms with Crippen LogP contribution in [0.1, 0.15) is 48.4 Å². The Morgan fingerprint density at radius 1 is 1.39 bits per heavy atom. The van der Waals surface area contributed by atoms with Gasteiger partial charge in [0, 0.05) is 24.5 Å². The van der Waals surface area contributed by atoms with E-state index in [1.807, 2.05) is 26.8 Å². The van der Waals surface area contributed by atoms with Gasteiger partial charge in [0.1, 0.15) is 17.2 Å². The molecule has 0 spiro atoms. The third-order valence-corrected chi connectivity index (χ3v) is 6.59. The monoisotopic (exact) mass is 423 g/mol. The first-order chi connectivity index (χ1) is 14.8. The van der Waals surface area contributed by atoms with E-state index in [0.717, 1.165) is 23.6 Å². The van der Waals surface area contributed by atoms with Crippen LogP contribution in [0.15, 0.2) is 24.5 Å². The maximum Gasteiger partial charge on any atom is 0.259 e. The topological polar surface area (TPSA) is 101 Å². The molecule has 2 fully saturated rings. The van der Waals surface area contributed by atoms with Gasteiger partial charge in [0.25, 0.3) is 5.91 Å². The molecule has 1 aliphatic carbocycles. The number of pyridine rings is 1. The molecule has 4 heterocycles. The smallest absolute Gasteiger partial charge is 0.259 e. The van der Waals surface area contributed by atoms with Crippen molar-refractivity contribution < 1.29 is 9.18 Å². The van der Waals surface area contributed by atoms with Crippen LogP contribution in [0.2, 0.25) is 0 Å².